The number of benzene rings is 2. The number of piperidine rings is 1. The summed E-state index contributed by atoms with van der Waals surface area (Å²) in [5, 5.41) is 9.53. The Balaban J connectivity index is 1.47. The number of carbonyl (C=O) groups is 1. The van der Waals surface area contributed by atoms with Crippen LogP contribution in [0.25, 0.3) is 11.1 Å². The minimum absolute atomic E-state index is 0.151. The molecule has 186 valence electrons. The number of aryl methyl sites for hydroxylation is 1. The first-order chi connectivity index (χ1) is 16.4. The molecule has 0 aliphatic carbocycles. The van der Waals surface area contributed by atoms with Crippen molar-refractivity contribution in [3.8, 4) is 22.9 Å². The zero-order chi connectivity index (χ0) is 25.4. The molecule has 0 radical (unpaired) electrons. The maximum Gasteiger partial charge on any atom is 0.410 e. The highest BCUT2D eigenvalue weighted by atomic mass is 32.2. The molecule has 1 saturated heterocycles. The number of nitriles is 1. The third kappa shape index (κ3) is 5.96. The van der Waals surface area contributed by atoms with E-state index < -0.39 is 15.4 Å². The number of likely N-dealkylation sites (tertiary alicyclic amines) is 1. The number of rotatable bonds is 3. The maximum absolute atomic E-state index is 12.4. The molecule has 0 N–H and O–H groups in total. The molecular formula is C27H32N2O5S. The standard InChI is InChI=1S/C27H32N2O5S/c1-26(2,3)34-25(30)29-13-11-27(12-14-29)10-9-21-15-20(7-8-24(21)33-27)19-5-6-22(18-35(4,31)32)23(16-19)17-28/h5-8,15-16H,9-14,18H2,1-4H3. The minimum atomic E-state index is -3.23. The molecular weight excluding hydrogens is 464 g/mol. The normalized spacial score (nSPS) is 17.3. The highest BCUT2D eigenvalue weighted by molar-refractivity contribution is 7.89. The van der Waals surface area contributed by atoms with Crippen molar-refractivity contribution in [3.05, 3.63) is 53.1 Å². The van der Waals surface area contributed by atoms with E-state index >= 15 is 0 Å². The number of carbonyl (C=O) groups excluding carboxylic acids is 1. The lowest BCUT2D eigenvalue weighted by atomic mass is 9.82. The second kappa shape index (κ2) is 9.19. The van der Waals surface area contributed by atoms with E-state index in [1.54, 1.807) is 17.0 Å². The van der Waals surface area contributed by atoms with E-state index in [9.17, 15) is 18.5 Å². The van der Waals surface area contributed by atoms with Crippen LogP contribution in [0.1, 0.15) is 56.7 Å². The molecule has 35 heavy (non-hydrogen) atoms. The van der Waals surface area contributed by atoms with E-state index in [0.29, 0.717) is 24.2 Å². The van der Waals surface area contributed by atoms with Gasteiger partial charge in [0.15, 0.2) is 9.84 Å². The topological polar surface area (TPSA) is 96.7 Å². The van der Waals surface area contributed by atoms with Gasteiger partial charge in [-0.25, -0.2) is 13.2 Å². The van der Waals surface area contributed by atoms with Gasteiger partial charge >= 0.3 is 6.09 Å². The number of amides is 1. The second-order valence-electron chi connectivity index (χ2n) is 10.6. The van der Waals surface area contributed by atoms with Crippen molar-refractivity contribution in [2.75, 3.05) is 19.3 Å². The van der Waals surface area contributed by atoms with Crippen LogP contribution in [-0.4, -0.2) is 50.0 Å². The first-order valence-electron chi connectivity index (χ1n) is 11.9. The summed E-state index contributed by atoms with van der Waals surface area (Å²) >= 11 is 0. The monoisotopic (exact) mass is 496 g/mol. The Morgan fingerprint density at radius 1 is 1.11 bits per heavy atom. The van der Waals surface area contributed by atoms with E-state index in [4.69, 9.17) is 9.47 Å². The number of nitrogens with zero attached hydrogens (tertiary/aromatic N) is 2. The Labute approximate surface area is 207 Å². The molecule has 1 spiro atoms. The lowest BCUT2D eigenvalue weighted by molar-refractivity contribution is -0.0272. The highest BCUT2D eigenvalue weighted by Crippen LogP contribution is 2.41. The third-order valence-corrected chi connectivity index (χ3v) is 7.38. The summed E-state index contributed by atoms with van der Waals surface area (Å²) in [6.07, 6.45) is 4.17. The minimum Gasteiger partial charge on any atom is -0.487 e. The highest BCUT2D eigenvalue weighted by Gasteiger charge is 2.41. The molecule has 2 aromatic rings. The fourth-order valence-electron chi connectivity index (χ4n) is 4.74. The van der Waals surface area contributed by atoms with Gasteiger partial charge in [0.05, 0.1) is 17.4 Å². The van der Waals surface area contributed by atoms with E-state index in [2.05, 4.69) is 12.1 Å². The van der Waals surface area contributed by atoms with Crippen molar-refractivity contribution in [2.45, 2.75) is 63.4 Å². The zero-order valence-electron chi connectivity index (χ0n) is 20.8. The fourth-order valence-corrected chi connectivity index (χ4v) is 5.56. The van der Waals surface area contributed by atoms with E-state index in [-0.39, 0.29) is 17.4 Å². The van der Waals surface area contributed by atoms with Crippen LogP contribution >= 0.6 is 0 Å². The van der Waals surface area contributed by atoms with Gasteiger partial charge in [-0.2, -0.15) is 5.26 Å². The molecule has 2 aliphatic heterocycles. The zero-order valence-corrected chi connectivity index (χ0v) is 21.6. The van der Waals surface area contributed by atoms with Crippen LogP contribution < -0.4 is 4.74 Å². The Morgan fingerprint density at radius 3 is 2.40 bits per heavy atom. The average Bonchev–Trinajstić information content (AvgIpc) is 2.77. The molecule has 0 unspecified atom stereocenters. The van der Waals surface area contributed by atoms with Gasteiger partial charge < -0.3 is 14.4 Å². The summed E-state index contributed by atoms with van der Waals surface area (Å²) in [6, 6.07) is 13.5. The lowest BCUT2D eigenvalue weighted by Gasteiger charge is -2.44. The van der Waals surface area contributed by atoms with Crippen LogP contribution in [0.4, 0.5) is 4.79 Å². The Kier molecular flexibility index (Phi) is 6.58. The Morgan fingerprint density at radius 2 is 1.77 bits per heavy atom. The van der Waals surface area contributed by atoms with Gasteiger partial charge in [0.1, 0.15) is 17.0 Å². The van der Waals surface area contributed by atoms with Gasteiger partial charge in [-0.05, 0) is 74.1 Å². The van der Waals surface area contributed by atoms with Crippen LogP contribution in [0, 0.1) is 11.3 Å². The molecule has 8 heteroatoms. The largest absolute Gasteiger partial charge is 0.487 e. The van der Waals surface area contributed by atoms with E-state index in [1.165, 1.54) is 6.26 Å². The van der Waals surface area contributed by atoms with Crippen molar-refractivity contribution in [3.63, 3.8) is 0 Å². The average molecular weight is 497 g/mol. The van der Waals surface area contributed by atoms with Crippen LogP contribution in [-0.2, 0) is 26.7 Å². The molecule has 0 saturated carbocycles. The molecule has 1 fully saturated rings. The van der Waals surface area contributed by atoms with Gasteiger partial charge in [0, 0.05) is 32.2 Å². The van der Waals surface area contributed by atoms with Crippen molar-refractivity contribution in [1.29, 1.82) is 5.26 Å². The van der Waals surface area contributed by atoms with Crippen LogP contribution in [0.15, 0.2) is 36.4 Å². The van der Waals surface area contributed by atoms with Crippen molar-refractivity contribution in [2.24, 2.45) is 0 Å². The van der Waals surface area contributed by atoms with E-state index in [1.807, 2.05) is 39.0 Å². The first-order valence-corrected chi connectivity index (χ1v) is 13.9. The second-order valence-corrected chi connectivity index (χ2v) is 12.8. The summed E-state index contributed by atoms with van der Waals surface area (Å²) in [5.41, 5.74) is 3.05. The van der Waals surface area contributed by atoms with Gasteiger partial charge in [0.2, 0.25) is 0 Å². The van der Waals surface area contributed by atoms with Crippen molar-refractivity contribution >= 4 is 15.9 Å². The van der Waals surface area contributed by atoms with Gasteiger partial charge in [0.25, 0.3) is 0 Å². The Hall–Kier alpha value is -3.05. The van der Waals surface area contributed by atoms with Gasteiger partial charge in [-0.3, -0.25) is 0 Å². The summed E-state index contributed by atoms with van der Waals surface area (Å²) in [6.45, 7) is 6.84. The van der Waals surface area contributed by atoms with E-state index in [0.717, 1.165) is 48.1 Å². The fraction of sp³-hybridized carbons (Fsp3) is 0.481. The van der Waals surface area contributed by atoms with Crippen molar-refractivity contribution in [1.82, 2.24) is 4.90 Å². The smallest absolute Gasteiger partial charge is 0.410 e. The number of hydrogen-bond donors (Lipinski definition) is 0. The number of sulfone groups is 1. The van der Waals surface area contributed by atoms with Gasteiger partial charge in [-0.1, -0.05) is 18.2 Å². The summed E-state index contributed by atoms with van der Waals surface area (Å²) in [5.74, 6) is 0.710. The number of ether oxygens (including phenoxy) is 2. The lowest BCUT2D eigenvalue weighted by Crippen LogP contribution is -2.52. The molecule has 2 aromatic carbocycles. The molecule has 2 heterocycles. The molecule has 0 atom stereocenters. The molecule has 2 aliphatic rings. The molecule has 7 nitrogen and oxygen atoms in total. The quantitative estimate of drug-likeness (QED) is 0.602. The summed E-state index contributed by atoms with van der Waals surface area (Å²) in [7, 11) is -3.23. The predicted octanol–water partition coefficient (Wildman–Crippen LogP) is 4.86. The predicted molar refractivity (Wildman–Crippen MR) is 134 cm³/mol. The number of fused-ring (bicyclic) bond motifs is 1. The summed E-state index contributed by atoms with van der Waals surface area (Å²) < 4.78 is 35.3. The maximum atomic E-state index is 12.4. The first kappa shape index (κ1) is 25.1. The van der Waals surface area contributed by atoms with Crippen LogP contribution in [0.2, 0.25) is 0 Å². The SMILES string of the molecule is CC(C)(C)OC(=O)N1CCC2(CCc3cc(-c4ccc(CS(C)(=O)=O)c(C#N)c4)ccc3O2)CC1. The number of hydrogen-bond acceptors (Lipinski definition) is 6. The van der Waals surface area contributed by atoms with Crippen LogP contribution in [0.3, 0.4) is 0 Å². The molecule has 0 bridgehead atoms. The van der Waals surface area contributed by atoms with Gasteiger partial charge in [-0.15, -0.1) is 0 Å². The van der Waals surface area contributed by atoms with Crippen LogP contribution in [0.5, 0.6) is 5.75 Å². The molecule has 4 rings (SSSR count). The molecule has 0 aromatic heterocycles. The Bertz CT molecular complexity index is 1280. The summed E-state index contributed by atoms with van der Waals surface area (Å²) in [4.78, 5) is 14.2. The molecule has 1 amide bonds. The third-order valence-electron chi connectivity index (χ3n) is 6.54. The van der Waals surface area contributed by atoms with Crippen molar-refractivity contribution < 1.29 is 22.7 Å².